The second-order valence-corrected chi connectivity index (χ2v) is 6.43. The van der Waals surface area contributed by atoms with Gasteiger partial charge in [-0.25, -0.2) is 0 Å². The van der Waals surface area contributed by atoms with Crippen LogP contribution in [0.1, 0.15) is 32.8 Å². The number of hydrogen-bond acceptors (Lipinski definition) is 2. The fourth-order valence-electron chi connectivity index (χ4n) is 2.76. The highest BCUT2D eigenvalue weighted by Gasteiger charge is 2.39. The number of hydrogen-bond donors (Lipinski definition) is 1. The molecule has 0 saturated heterocycles. The van der Waals surface area contributed by atoms with Crippen LogP contribution < -0.4 is 0 Å². The maximum Gasteiger partial charge on any atom is 0.202 e. The molecule has 19 heavy (non-hydrogen) atoms. The van der Waals surface area contributed by atoms with E-state index >= 15 is 0 Å². The van der Waals surface area contributed by atoms with Crippen molar-refractivity contribution in [3.05, 3.63) is 46.2 Å². The topological polar surface area (TPSA) is 37.3 Å². The predicted octanol–water partition coefficient (Wildman–Crippen LogP) is 4.33. The van der Waals surface area contributed by atoms with Crippen molar-refractivity contribution >= 4 is 17.4 Å². The minimum absolute atomic E-state index is 0.0429. The Bertz CT molecular complexity index is 526. The molecule has 1 aromatic rings. The summed E-state index contributed by atoms with van der Waals surface area (Å²) in [5, 5.41) is 10.9. The summed E-state index contributed by atoms with van der Waals surface area (Å²) in [5.74, 6) is 0.0247. The van der Waals surface area contributed by atoms with E-state index in [1.165, 1.54) is 0 Å². The Balaban J connectivity index is 2.30. The van der Waals surface area contributed by atoms with Crippen molar-refractivity contribution in [3.63, 3.8) is 0 Å². The van der Waals surface area contributed by atoms with Crippen molar-refractivity contribution in [3.8, 4) is 0 Å². The van der Waals surface area contributed by atoms with E-state index in [0.717, 1.165) is 17.6 Å². The smallest absolute Gasteiger partial charge is 0.202 e. The third kappa shape index (κ3) is 2.84. The van der Waals surface area contributed by atoms with E-state index in [2.05, 4.69) is 6.92 Å². The number of allylic oxidation sites excluding steroid dienone is 2. The van der Waals surface area contributed by atoms with Crippen LogP contribution in [0.3, 0.4) is 0 Å². The van der Waals surface area contributed by atoms with Crippen LogP contribution in [0.2, 0.25) is 5.02 Å². The molecule has 1 aromatic carbocycles. The van der Waals surface area contributed by atoms with E-state index in [0.29, 0.717) is 11.4 Å². The van der Waals surface area contributed by atoms with Gasteiger partial charge in [-0.15, -0.1) is 0 Å². The van der Waals surface area contributed by atoms with E-state index < -0.39 is 5.41 Å². The Hall–Kier alpha value is -1.28. The van der Waals surface area contributed by atoms with Crippen molar-refractivity contribution < 1.29 is 9.90 Å². The third-order valence-corrected chi connectivity index (χ3v) is 4.11. The SMILES string of the molecule is CC1CC(C)(C)C(=O)C(O)=C1Cc1ccc(Cl)cc1. The third-order valence-electron chi connectivity index (χ3n) is 3.85. The summed E-state index contributed by atoms with van der Waals surface area (Å²) in [6.07, 6.45) is 1.38. The quantitative estimate of drug-likeness (QED) is 0.874. The van der Waals surface area contributed by atoms with Gasteiger partial charge in [-0.3, -0.25) is 4.79 Å². The van der Waals surface area contributed by atoms with Gasteiger partial charge in [0.1, 0.15) is 0 Å². The van der Waals surface area contributed by atoms with Crippen molar-refractivity contribution in [2.75, 3.05) is 0 Å². The molecule has 0 fully saturated rings. The van der Waals surface area contributed by atoms with Crippen LogP contribution in [0.25, 0.3) is 0 Å². The number of carbonyl (C=O) groups excluding carboxylic acids is 1. The second kappa shape index (κ2) is 5.01. The fourth-order valence-corrected chi connectivity index (χ4v) is 2.89. The molecule has 1 N–H and O–H groups in total. The largest absolute Gasteiger partial charge is 0.504 e. The molecule has 102 valence electrons. The van der Waals surface area contributed by atoms with Gasteiger partial charge >= 0.3 is 0 Å². The lowest BCUT2D eigenvalue weighted by Gasteiger charge is -2.33. The molecule has 0 bridgehead atoms. The summed E-state index contributed by atoms with van der Waals surface area (Å²) in [5.41, 5.74) is 1.43. The molecule has 2 nitrogen and oxygen atoms in total. The standard InChI is InChI=1S/C16H19ClO2/c1-10-9-16(2,3)15(19)14(18)13(10)8-11-4-6-12(17)7-5-11/h4-7,10,18H,8-9H2,1-3H3. The van der Waals surface area contributed by atoms with Crippen LogP contribution in [-0.4, -0.2) is 10.9 Å². The molecule has 0 heterocycles. The van der Waals surface area contributed by atoms with Crippen molar-refractivity contribution in [1.82, 2.24) is 0 Å². The van der Waals surface area contributed by atoms with E-state index in [1.54, 1.807) is 0 Å². The lowest BCUT2D eigenvalue weighted by molar-refractivity contribution is -0.127. The minimum atomic E-state index is -0.465. The second-order valence-electron chi connectivity index (χ2n) is 6.00. The summed E-state index contributed by atoms with van der Waals surface area (Å²) in [7, 11) is 0. The lowest BCUT2D eigenvalue weighted by Crippen LogP contribution is -2.34. The summed E-state index contributed by atoms with van der Waals surface area (Å²) >= 11 is 5.86. The zero-order valence-electron chi connectivity index (χ0n) is 11.5. The maximum absolute atomic E-state index is 12.1. The van der Waals surface area contributed by atoms with Gasteiger partial charge in [0.15, 0.2) is 5.76 Å². The first kappa shape index (κ1) is 14.1. The molecular formula is C16H19ClO2. The predicted molar refractivity (Wildman–Crippen MR) is 77.4 cm³/mol. The minimum Gasteiger partial charge on any atom is -0.504 e. The van der Waals surface area contributed by atoms with Gasteiger partial charge in [-0.1, -0.05) is 44.5 Å². The van der Waals surface area contributed by atoms with Crippen LogP contribution in [0.5, 0.6) is 0 Å². The lowest BCUT2D eigenvalue weighted by atomic mass is 9.70. The highest BCUT2D eigenvalue weighted by atomic mass is 35.5. The Morgan fingerprint density at radius 1 is 1.32 bits per heavy atom. The van der Waals surface area contributed by atoms with Crippen molar-refractivity contribution in [1.29, 1.82) is 0 Å². The number of rotatable bonds is 2. The molecule has 0 aliphatic heterocycles. The molecule has 2 rings (SSSR count). The van der Waals surface area contributed by atoms with E-state index in [4.69, 9.17) is 11.6 Å². The number of carbonyl (C=O) groups is 1. The first-order valence-electron chi connectivity index (χ1n) is 6.52. The first-order chi connectivity index (χ1) is 8.81. The van der Waals surface area contributed by atoms with Gasteiger partial charge in [0.2, 0.25) is 5.78 Å². The summed E-state index contributed by atoms with van der Waals surface area (Å²) in [6.45, 7) is 5.85. The van der Waals surface area contributed by atoms with E-state index in [-0.39, 0.29) is 17.5 Å². The molecule has 0 amide bonds. The van der Waals surface area contributed by atoms with Gasteiger partial charge in [0.05, 0.1) is 0 Å². The molecular weight excluding hydrogens is 260 g/mol. The molecule has 0 spiro atoms. The number of benzene rings is 1. The van der Waals surface area contributed by atoms with Crippen LogP contribution in [-0.2, 0) is 11.2 Å². The van der Waals surface area contributed by atoms with Crippen LogP contribution in [0, 0.1) is 11.3 Å². The molecule has 3 heteroatoms. The highest BCUT2D eigenvalue weighted by Crippen LogP contribution is 2.39. The highest BCUT2D eigenvalue weighted by molar-refractivity contribution is 6.30. The zero-order valence-corrected chi connectivity index (χ0v) is 12.3. The average molecular weight is 279 g/mol. The molecule has 0 radical (unpaired) electrons. The number of aliphatic hydroxyl groups excluding tert-OH is 1. The summed E-state index contributed by atoms with van der Waals surface area (Å²) < 4.78 is 0. The summed E-state index contributed by atoms with van der Waals surface area (Å²) in [6, 6.07) is 7.51. The Morgan fingerprint density at radius 3 is 2.47 bits per heavy atom. The number of aliphatic hydroxyl groups is 1. The molecule has 1 unspecified atom stereocenters. The number of halogens is 1. The van der Waals surface area contributed by atoms with Crippen molar-refractivity contribution in [2.45, 2.75) is 33.6 Å². The molecule has 1 aliphatic carbocycles. The van der Waals surface area contributed by atoms with Crippen molar-refractivity contribution in [2.24, 2.45) is 11.3 Å². The van der Waals surface area contributed by atoms with Crippen LogP contribution in [0.4, 0.5) is 0 Å². The Morgan fingerprint density at radius 2 is 1.89 bits per heavy atom. The number of ketones is 1. The Labute approximate surface area is 119 Å². The van der Waals surface area contributed by atoms with Gasteiger partial charge in [-0.05, 0) is 42.0 Å². The van der Waals surface area contributed by atoms with E-state index in [1.807, 2.05) is 38.1 Å². The molecule has 1 aliphatic rings. The van der Waals surface area contributed by atoms with Gasteiger partial charge in [0, 0.05) is 10.4 Å². The van der Waals surface area contributed by atoms with Crippen LogP contribution >= 0.6 is 11.6 Å². The Kier molecular flexibility index (Phi) is 3.73. The maximum atomic E-state index is 12.1. The normalized spacial score (nSPS) is 22.7. The fraction of sp³-hybridized carbons (Fsp3) is 0.438. The molecule has 0 saturated carbocycles. The molecule has 0 aromatic heterocycles. The van der Waals surface area contributed by atoms with Gasteiger partial charge in [-0.2, -0.15) is 0 Å². The average Bonchev–Trinajstić information content (AvgIpc) is 2.34. The van der Waals surface area contributed by atoms with Gasteiger partial charge in [0.25, 0.3) is 0 Å². The van der Waals surface area contributed by atoms with Crippen LogP contribution in [0.15, 0.2) is 35.6 Å². The number of Topliss-reactive ketones (excluding diaryl/α,β-unsaturated/α-hetero) is 1. The van der Waals surface area contributed by atoms with Gasteiger partial charge < -0.3 is 5.11 Å². The summed E-state index contributed by atoms with van der Waals surface area (Å²) in [4.78, 5) is 12.1. The first-order valence-corrected chi connectivity index (χ1v) is 6.90. The molecule has 1 atom stereocenters. The van der Waals surface area contributed by atoms with E-state index in [9.17, 15) is 9.90 Å². The zero-order chi connectivity index (χ0) is 14.2. The monoisotopic (exact) mass is 278 g/mol.